The molecule has 2 aromatic rings. The summed E-state index contributed by atoms with van der Waals surface area (Å²) >= 11 is 5.84. The van der Waals surface area contributed by atoms with Gasteiger partial charge in [0.25, 0.3) is 0 Å². The number of anilines is 1. The predicted molar refractivity (Wildman–Crippen MR) is 58.1 cm³/mol. The summed E-state index contributed by atoms with van der Waals surface area (Å²) in [6.45, 7) is 0. The largest absolute Gasteiger partial charge is 0.399 e. The monoisotopic (exact) mass is 207 g/mol. The second-order valence-corrected chi connectivity index (χ2v) is 3.44. The lowest BCUT2D eigenvalue weighted by molar-refractivity contribution is 0.922. The molecule has 0 fully saturated rings. The van der Waals surface area contributed by atoms with Crippen LogP contribution in [0.4, 0.5) is 5.69 Å². The SMILES string of the molecule is Cn1c(-c2cccc(N)c2)cnc1Cl. The van der Waals surface area contributed by atoms with Gasteiger partial charge in [0.15, 0.2) is 0 Å². The number of halogens is 1. The van der Waals surface area contributed by atoms with Crippen molar-refractivity contribution in [2.75, 3.05) is 5.73 Å². The van der Waals surface area contributed by atoms with Crippen molar-refractivity contribution in [3.8, 4) is 11.3 Å². The second kappa shape index (κ2) is 3.35. The fourth-order valence-corrected chi connectivity index (χ4v) is 1.49. The quantitative estimate of drug-likeness (QED) is 0.730. The van der Waals surface area contributed by atoms with Crippen LogP contribution in [0.1, 0.15) is 0 Å². The Hall–Kier alpha value is -1.48. The molecule has 1 aromatic heterocycles. The van der Waals surface area contributed by atoms with Crippen LogP contribution in [0.2, 0.25) is 5.28 Å². The van der Waals surface area contributed by atoms with Gasteiger partial charge >= 0.3 is 0 Å². The van der Waals surface area contributed by atoms with E-state index in [9.17, 15) is 0 Å². The summed E-state index contributed by atoms with van der Waals surface area (Å²) in [5.41, 5.74) is 8.41. The molecule has 0 aliphatic rings. The van der Waals surface area contributed by atoms with Crippen LogP contribution >= 0.6 is 11.6 Å². The lowest BCUT2D eigenvalue weighted by atomic mass is 10.1. The van der Waals surface area contributed by atoms with Crippen LogP contribution < -0.4 is 5.73 Å². The standard InChI is InChI=1S/C10H10ClN3/c1-14-9(6-13-10(14)11)7-3-2-4-8(12)5-7/h2-6H,12H2,1H3. The van der Waals surface area contributed by atoms with Gasteiger partial charge in [-0.25, -0.2) is 4.98 Å². The van der Waals surface area contributed by atoms with Crippen LogP contribution in [0.15, 0.2) is 30.5 Å². The van der Waals surface area contributed by atoms with Gasteiger partial charge < -0.3 is 10.3 Å². The van der Waals surface area contributed by atoms with Gasteiger partial charge in [0.05, 0.1) is 11.9 Å². The fraction of sp³-hybridized carbons (Fsp3) is 0.100. The maximum atomic E-state index is 5.84. The zero-order chi connectivity index (χ0) is 10.1. The number of rotatable bonds is 1. The normalized spacial score (nSPS) is 10.4. The highest BCUT2D eigenvalue weighted by Crippen LogP contribution is 2.23. The molecule has 14 heavy (non-hydrogen) atoms. The van der Waals surface area contributed by atoms with E-state index in [1.165, 1.54) is 0 Å². The average molecular weight is 208 g/mol. The Balaban J connectivity index is 2.55. The molecule has 3 nitrogen and oxygen atoms in total. The highest BCUT2D eigenvalue weighted by Gasteiger charge is 2.05. The van der Waals surface area contributed by atoms with Crippen LogP contribution in [0.3, 0.4) is 0 Å². The van der Waals surface area contributed by atoms with E-state index in [-0.39, 0.29) is 0 Å². The Morgan fingerprint density at radius 3 is 2.79 bits per heavy atom. The van der Waals surface area contributed by atoms with E-state index in [0.29, 0.717) is 5.28 Å². The zero-order valence-electron chi connectivity index (χ0n) is 7.74. The molecule has 4 heteroatoms. The fourth-order valence-electron chi connectivity index (χ4n) is 1.35. The molecule has 0 aliphatic heterocycles. The van der Waals surface area contributed by atoms with E-state index in [1.807, 2.05) is 35.9 Å². The van der Waals surface area contributed by atoms with Gasteiger partial charge in [-0.1, -0.05) is 12.1 Å². The summed E-state index contributed by atoms with van der Waals surface area (Å²) in [5, 5.41) is 0.474. The van der Waals surface area contributed by atoms with Crippen LogP contribution in [-0.2, 0) is 7.05 Å². The van der Waals surface area contributed by atoms with Crippen LogP contribution in [-0.4, -0.2) is 9.55 Å². The van der Waals surface area contributed by atoms with Gasteiger partial charge in [0, 0.05) is 18.3 Å². The van der Waals surface area contributed by atoms with Gasteiger partial charge in [-0.3, -0.25) is 0 Å². The highest BCUT2D eigenvalue weighted by molar-refractivity contribution is 6.28. The number of nitrogen functional groups attached to an aromatic ring is 1. The number of nitrogens with two attached hydrogens (primary N) is 1. The summed E-state index contributed by atoms with van der Waals surface area (Å²) in [6, 6.07) is 7.63. The molecule has 0 aliphatic carbocycles. The van der Waals surface area contributed by atoms with Crippen LogP contribution in [0.25, 0.3) is 11.3 Å². The molecule has 0 spiro atoms. The molecule has 0 unspecified atom stereocenters. The van der Waals surface area contributed by atoms with Gasteiger partial charge in [0.2, 0.25) is 5.28 Å². The molecular formula is C10H10ClN3. The number of benzene rings is 1. The first-order chi connectivity index (χ1) is 6.68. The average Bonchev–Trinajstić information content (AvgIpc) is 2.48. The van der Waals surface area contributed by atoms with Gasteiger partial charge in [0.1, 0.15) is 0 Å². The smallest absolute Gasteiger partial charge is 0.202 e. The Bertz CT molecular complexity index is 462. The maximum Gasteiger partial charge on any atom is 0.202 e. The third-order valence-corrected chi connectivity index (χ3v) is 2.47. The van der Waals surface area contributed by atoms with Crippen molar-refractivity contribution in [1.29, 1.82) is 0 Å². The molecule has 0 saturated carbocycles. The van der Waals surface area contributed by atoms with Gasteiger partial charge in [-0.05, 0) is 23.7 Å². The van der Waals surface area contributed by atoms with Crippen molar-refractivity contribution in [3.05, 3.63) is 35.7 Å². The molecular weight excluding hydrogens is 198 g/mol. The molecule has 1 heterocycles. The van der Waals surface area contributed by atoms with Crippen molar-refractivity contribution >= 4 is 17.3 Å². The number of hydrogen-bond donors (Lipinski definition) is 1. The van der Waals surface area contributed by atoms with E-state index in [0.717, 1.165) is 16.9 Å². The minimum Gasteiger partial charge on any atom is -0.399 e. The third-order valence-electron chi connectivity index (χ3n) is 2.11. The Labute approximate surface area is 87.1 Å². The number of imidazole rings is 1. The van der Waals surface area contributed by atoms with Gasteiger partial charge in [-0.15, -0.1) is 0 Å². The van der Waals surface area contributed by atoms with E-state index in [1.54, 1.807) is 6.20 Å². The van der Waals surface area contributed by atoms with E-state index < -0.39 is 0 Å². The maximum absolute atomic E-state index is 5.84. The summed E-state index contributed by atoms with van der Waals surface area (Å²) in [7, 11) is 1.87. The van der Waals surface area contributed by atoms with Gasteiger partial charge in [-0.2, -0.15) is 0 Å². The topological polar surface area (TPSA) is 43.8 Å². The Kier molecular flexibility index (Phi) is 2.17. The van der Waals surface area contributed by atoms with Crippen LogP contribution in [0, 0.1) is 0 Å². The third kappa shape index (κ3) is 1.46. The Morgan fingerprint density at radius 1 is 1.43 bits per heavy atom. The lowest BCUT2D eigenvalue weighted by Crippen LogP contribution is -1.92. The van der Waals surface area contributed by atoms with Crippen molar-refractivity contribution in [3.63, 3.8) is 0 Å². The molecule has 0 bridgehead atoms. The van der Waals surface area contributed by atoms with Crippen molar-refractivity contribution in [2.24, 2.45) is 7.05 Å². The molecule has 72 valence electrons. The number of hydrogen-bond acceptors (Lipinski definition) is 2. The first kappa shape index (κ1) is 9.09. The van der Waals surface area contributed by atoms with Crippen molar-refractivity contribution in [2.45, 2.75) is 0 Å². The first-order valence-corrected chi connectivity index (χ1v) is 4.59. The summed E-state index contributed by atoms with van der Waals surface area (Å²) < 4.78 is 1.82. The minimum atomic E-state index is 0.474. The Morgan fingerprint density at radius 2 is 2.21 bits per heavy atom. The molecule has 2 N–H and O–H groups in total. The molecule has 2 rings (SSSR count). The number of aromatic nitrogens is 2. The summed E-state index contributed by atoms with van der Waals surface area (Å²) in [4.78, 5) is 4.01. The zero-order valence-corrected chi connectivity index (χ0v) is 8.49. The molecule has 0 radical (unpaired) electrons. The molecule has 1 aromatic carbocycles. The van der Waals surface area contributed by atoms with E-state index >= 15 is 0 Å². The van der Waals surface area contributed by atoms with Crippen molar-refractivity contribution in [1.82, 2.24) is 9.55 Å². The van der Waals surface area contributed by atoms with Crippen molar-refractivity contribution < 1.29 is 0 Å². The van der Waals surface area contributed by atoms with Crippen LogP contribution in [0.5, 0.6) is 0 Å². The molecule has 0 atom stereocenters. The first-order valence-electron chi connectivity index (χ1n) is 4.21. The molecule has 0 saturated heterocycles. The second-order valence-electron chi connectivity index (χ2n) is 3.10. The van der Waals surface area contributed by atoms with E-state index in [2.05, 4.69) is 4.98 Å². The minimum absolute atomic E-state index is 0.474. The predicted octanol–water partition coefficient (Wildman–Crippen LogP) is 2.32. The lowest BCUT2D eigenvalue weighted by Gasteiger charge is -2.03. The molecule has 0 amide bonds. The highest BCUT2D eigenvalue weighted by atomic mass is 35.5. The summed E-state index contributed by atoms with van der Waals surface area (Å²) in [6.07, 6.45) is 1.73. The van der Waals surface area contributed by atoms with E-state index in [4.69, 9.17) is 17.3 Å². The number of nitrogens with zero attached hydrogens (tertiary/aromatic N) is 2. The summed E-state index contributed by atoms with van der Waals surface area (Å²) in [5.74, 6) is 0.